The highest BCUT2D eigenvalue weighted by Gasteiger charge is 2.22. The monoisotopic (exact) mass is 778 g/mol. The van der Waals surface area contributed by atoms with Crippen molar-refractivity contribution >= 4 is 30.1 Å². The van der Waals surface area contributed by atoms with Crippen LogP contribution in [0, 0.1) is 11.8 Å². The van der Waals surface area contributed by atoms with Gasteiger partial charge in [0.25, 0.3) is 0 Å². The Kier molecular flexibility index (Phi) is 15.0. The highest BCUT2D eigenvalue weighted by atomic mass is 16.5. The lowest BCUT2D eigenvalue weighted by atomic mass is 9.96. The van der Waals surface area contributed by atoms with E-state index in [-0.39, 0.29) is 17.5 Å². The second kappa shape index (κ2) is 20.1. The molecule has 0 N–H and O–H groups in total. The van der Waals surface area contributed by atoms with Gasteiger partial charge >= 0.3 is 17.9 Å². The molecule has 58 heavy (non-hydrogen) atoms. The number of benzene rings is 5. The fourth-order valence-corrected chi connectivity index (χ4v) is 6.67. The molecular formula is C52H58O6. The molecule has 0 aliphatic heterocycles. The summed E-state index contributed by atoms with van der Waals surface area (Å²) in [5, 5.41) is 0. The Hall–Kier alpha value is -5.75. The van der Waals surface area contributed by atoms with E-state index in [0.717, 1.165) is 35.1 Å². The van der Waals surface area contributed by atoms with E-state index in [4.69, 9.17) is 14.2 Å². The average molecular weight is 779 g/mol. The first-order chi connectivity index (χ1) is 27.6. The van der Waals surface area contributed by atoms with Crippen molar-refractivity contribution in [1.29, 1.82) is 0 Å². The lowest BCUT2D eigenvalue weighted by Crippen LogP contribution is -2.18. The third-order valence-corrected chi connectivity index (χ3v) is 10.3. The highest BCUT2D eigenvalue weighted by Crippen LogP contribution is 2.30. The predicted molar refractivity (Wildman–Crippen MR) is 234 cm³/mol. The van der Waals surface area contributed by atoms with Crippen molar-refractivity contribution < 1.29 is 28.6 Å². The molecule has 5 rings (SSSR count). The van der Waals surface area contributed by atoms with Crippen LogP contribution in [0.5, 0.6) is 17.2 Å². The standard InChI is InChI=1S/C52H58O6/c1-33(2)28-40-12-18-44(19-13-40)36(7)51(54)57-48-30-42(31-49(32-48)58-52(55)37(8)45-20-14-41(15-21-45)29-34(3)4)11-10-39-16-26-47(27-17-39)56-50(53)38(9)46-24-22-43(23-25-46)35(5)6/h10-27,30-38H,28-29H2,1-9H3. The van der Waals surface area contributed by atoms with E-state index in [0.29, 0.717) is 29.1 Å². The van der Waals surface area contributed by atoms with E-state index in [1.54, 1.807) is 30.3 Å². The van der Waals surface area contributed by atoms with Crippen LogP contribution in [0.3, 0.4) is 0 Å². The van der Waals surface area contributed by atoms with Crippen molar-refractivity contribution in [3.05, 3.63) is 160 Å². The SMILES string of the molecule is CC(C)Cc1ccc(C(C)C(=O)Oc2cc(C=Cc3ccc(OC(=O)C(C)c4ccc(C(C)C)cc4)cc3)cc(OC(=O)C(C)c3ccc(CC(C)C)cc3)c2)cc1. The van der Waals surface area contributed by atoms with Gasteiger partial charge in [0, 0.05) is 6.07 Å². The Labute approximate surface area is 345 Å². The molecule has 6 nitrogen and oxygen atoms in total. The van der Waals surface area contributed by atoms with Crippen molar-refractivity contribution in [2.45, 2.75) is 98.8 Å². The largest absolute Gasteiger partial charge is 0.426 e. The molecule has 6 heteroatoms. The first-order valence-electron chi connectivity index (χ1n) is 20.5. The van der Waals surface area contributed by atoms with Gasteiger partial charge < -0.3 is 14.2 Å². The summed E-state index contributed by atoms with van der Waals surface area (Å²) >= 11 is 0. The van der Waals surface area contributed by atoms with Crippen LogP contribution in [-0.2, 0) is 27.2 Å². The van der Waals surface area contributed by atoms with Crippen LogP contribution in [0.15, 0.2) is 115 Å². The molecule has 3 unspecified atom stereocenters. The van der Waals surface area contributed by atoms with Gasteiger partial charge in [0.05, 0.1) is 17.8 Å². The van der Waals surface area contributed by atoms with E-state index < -0.39 is 29.7 Å². The molecule has 0 radical (unpaired) electrons. The lowest BCUT2D eigenvalue weighted by Gasteiger charge is -2.15. The molecule has 0 saturated heterocycles. The van der Waals surface area contributed by atoms with Crippen LogP contribution in [-0.4, -0.2) is 17.9 Å². The van der Waals surface area contributed by atoms with Crippen molar-refractivity contribution in [3.63, 3.8) is 0 Å². The number of hydrogen-bond acceptors (Lipinski definition) is 6. The van der Waals surface area contributed by atoms with Gasteiger partial charge in [0.2, 0.25) is 0 Å². The van der Waals surface area contributed by atoms with E-state index in [9.17, 15) is 14.4 Å². The summed E-state index contributed by atoms with van der Waals surface area (Å²) in [4.78, 5) is 39.9. The zero-order valence-corrected chi connectivity index (χ0v) is 35.5. The highest BCUT2D eigenvalue weighted by molar-refractivity contribution is 5.83. The number of esters is 3. The summed E-state index contributed by atoms with van der Waals surface area (Å²) in [5.41, 5.74) is 7.80. The first-order valence-corrected chi connectivity index (χ1v) is 20.5. The summed E-state index contributed by atoms with van der Waals surface area (Å²) in [6, 6.07) is 36.5. The molecule has 0 saturated carbocycles. The fraction of sp³-hybridized carbons (Fsp3) is 0.327. The first kappa shape index (κ1) is 43.4. The maximum absolute atomic E-state index is 13.5. The molecule has 0 heterocycles. The molecule has 5 aromatic carbocycles. The molecule has 3 atom stereocenters. The predicted octanol–water partition coefficient (Wildman–Crippen LogP) is 12.5. The summed E-state index contributed by atoms with van der Waals surface area (Å²) < 4.78 is 17.6. The molecule has 0 fully saturated rings. The third-order valence-electron chi connectivity index (χ3n) is 10.3. The van der Waals surface area contributed by atoms with Crippen molar-refractivity contribution in [2.24, 2.45) is 11.8 Å². The van der Waals surface area contributed by atoms with Crippen LogP contribution in [0.25, 0.3) is 12.2 Å². The molecule has 0 aliphatic carbocycles. The minimum atomic E-state index is -0.516. The molecular weight excluding hydrogens is 721 g/mol. The number of hydrogen-bond donors (Lipinski definition) is 0. The normalized spacial score (nSPS) is 13.1. The smallest absolute Gasteiger partial charge is 0.318 e. The van der Waals surface area contributed by atoms with E-state index in [1.165, 1.54) is 16.7 Å². The van der Waals surface area contributed by atoms with Gasteiger partial charge in [-0.1, -0.05) is 139 Å². The fourth-order valence-electron chi connectivity index (χ4n) is 6.67. The van der Waals surface area contributed by atoms with Crippen molar-refractivity contribution in [2.75, 3.05) is 0 Å². The molecule has 302 valence electrons. The van der Waals surface area contributed by atoms with Gasteiger partial charge in [-0.3, -0.25) is 14.4 Å². The summed E-state index contributed by atoms with van der Waals surface area (Å²) in [5.74, 6) is -0.155. The molecule has 0 spiro atoms. The molecule has 0 aromatic heterocycles. The van der Waals surface area contributed by atoms with Gasteiger partial charge in [0.15, 0.2) is 0 Å². The minimum absolute atomic E-state index is 0.263. The summed E-state index contributed by atoms with van der Waals surface area (Å²) in [7, 11) is 0. The van der Waals surface area contributed by atoms with Crippen LogP contribution in [0.1, 0.15) is 130 Å². The van der Waals surface area contributed by atoms with Crippen LogP contribution in [0.4, 0.5) is 0 Å². The number of rotatable bonds is 16. The van der Waals surface area contributed by atoms with E-state index in [2.05, 4.69) is 77.9 Å². The Morgan fingerprint density at radius 2 is 0.759 bits per heavy atom. The Morgan fingerprint density at radius 3 is 1.14 bits per heavy atom. The lowest BCUT2D eigenvalue weighted by molar-refractivity contribution is -0.136. The van der Waals surface area contributed by atoms with Crippen LogP contribution in [0.2, 0.25) is 0 Å². The Balaban J connectivity index is 1.32. The Bertz CT molecular complexity index is 2070. The molecule has 0 aliphatic rings. The van der Waals surface area contributed by atoms with Gasteiger partial charge in [-0.15, -0.1) is 0 Å². The minimum Gasteiger partial charge on any atom is -0.426 e. The second-order valence-electron chi connectivity index (χ2n) is 16.6. The third kappa shape index (κ3) is 12.4. The zero-order valence-electron chi connectivity index (χ0n) is 35.5. The van der Waals surface area contributed by atoms with Gasteiger partial charge in [-0.25, -0.2) is 0 Å². The van der Waals surface area contributed by atoms with Crippen LogP contribution >= 0.6 is 0 Å². The number of ether oxygens (including phenoxy) is 3. The molecule has 0 amide bonds. The summed E-state index contributed by atoms with van der Waals surface area (Å²) in [6.45, 7) is 18.5. The van der Waals surface area contributed by atoms with Gasteiger partial charge in [-0.05, 0) is 120 Å². The number of carbonyl (C=O) groups excluding carboxylic acids is 3. The maximum atomic E-state index is 13.5. The van der Waals surface area contributed by atoms with Gasteiger partial charge in [0.1, 0.15) is 17.2 Å². The number of carbonyl (C=O) groups is 3. The van der Waals surface area contributed by atoms with Crippen molar-refractivity contribution in [3.8, 4) is 17.2 Å². The van der Waals surface area contributed by atoms with Gasteiger partial charge in [-0.2, -0.15) is 0 Å². The summed E-state index contributed by atoms with van der Waals surface area (Å²) in [6.07, 6.45) is 5.67. The molecule has 0 bridgehead atoms. The van der Waals surface area contributed by atoms with E-state index >= 15 is 0 Å². The van der Waals surface area contributed by atoms with Crippen molar-refractivity contribution in [1.82, 2.24) is 0 Å². The zero-order chi connectivity index (χ0) is 41.9. The Morgan fingerprint density at radius 1 is 0.414 bits per heavy atom. The van der Waals surface area contributed by atoms with E-state index in [1.807, 2.05) is 81.5 Å². The second-order valence-corrected chi connectivity index (χ2v) is 16.6. The quantitative estimate of drug-likeness (QED) is 0.0564. The average Bonchev–Trinajstić information content (AvgIpc) is 3.19. The topological polar surface area (TPSA) is 78.9 Å². The maximum Gasteiger partial charge on any atom is 0.318 e. The van der Waals surface area contributed by atoms with Crippen LogP contribution < -0.4 is 14.2 Å². The molecule has 5 aromatic rings.